The van der Waals surface area contributed by atoms with Gasteiger partial charge in [0, 0.05) is 40.7 Å². The van der Waals surface area contributed by atoms with Gasteiger partial charge in [-0.15, -0.1) is 11.8 Å². The van der Waals surface area contributed by atoms with Crippen molar-refractivity contribution in [2.45, 2.75) is 18.2 Å². The van der Waals surface area contributed by atoms with Gasteiger partial charge in [0.25, 0.3) is 5.69 Å². The van der Waals surface area contributed by atoms with Crippen molar-refractivity contribution in [3.63, 3.8) is 0 Å². The Kier molecular flexibility index (Phi) is 3.47. The third-order valence-electron chi connectivity index (χ3n) is 2.92. The molecule has 0 aliphatic carbocycles. The second kappa shape index (κ2) is 4.89. The minimum atomic E-state index is -0.522. The standard InChI is InChI=1S/C12H11NO4S/c1-7(14)8-4-11(15)10-5-9(13(16)17)2-3-12(10)18-6-8/h2-3,5,8H,4,6H2,1H3/t8-/m0/s1. The molecule has 1 aromatic rings. The summed E-state index contributed by atoms with van der Waals surface area (Å²) in [6.45, 7) is 1.47. The van der Waals surface area contributed by atoms with Crippen LogP contribution in [-0.4, -0.2) is 22.2 Å². The van der Waals surface area contributed by atoms with Crippen molar-refractivity contribution in [1.82, 2.24) is 0 Å². The number of carbonyl (C=O) groups excluding carboxylic acids is 2. The fraction of sp³-hybridized carbons (Fsp3) is 0.333. The predicted molar refractivity (Wildman–Crippen MR) is 66.9 cm³/mol. The summed E-state index contributed by atoms with van der Waals surface area (Å²) < 4.78 is 0. The highest BCUT2D eigenvalue weighted by Gasteiger charge is 2.27. The van der Waals surface area contributed by atoms with Crippen LogP contribution in [0.3, 0.4) is 0 Å². The summed E-state index contributed by atoms with van der Waals surface area (Å²) in [7, 11) is 0. The fourth-order valence-electron chi connectivity index (χ4n) is 1.82. The molecule has 1 aliphatic heterocycles. The van der Waals surface area contributed by atoms with Crippen LogP contribution in [0, 0.1) is 16.0 Å². The molecular formula is C12H11NO4S. The molecular weight excluding hydrogens is 254 g/mol. The van der Waals surface area contributed by atoms with Crippen LogP contribution in [0.1, 0.15) is 23.7 Å². The minimum absolute atomic E-state index is 0.0156. The SMILES string of the molecule is CC(=O)[C@@H]1CSc2ccc([N+](=O)[O-])cc2C(=O)C1. The molecule has 1 atom stereocenters. The van der Waals surface area contributed by atoms with E-state index in [1.807, 2.05) is 0 Å². The van der Waals surface area contributed by atoms with E-state index in [1.165, 1.54) is 30.8 Å². The maximum absolute atomic E-state index is 12.0. The summed E-state index contributed by atoms with van der Waals surface area (Å²) in [5.74, 6) is 0.0392. The molecule has 0 radical (unpaired) electrons. The largest absolute Gasteiger partial charge is 0.300 e. The number of hydrogen-bond acceptors (Lipinski definition) is 5. The number of hydrogen-bond donors (Lipinski definition) is 0. The third-order valence-corrected chi connectivity index (χ3v) is 4.16. The molecule has 0 amide bonds. The second-order valence-corrected chi connectivity index (χ2v) is 5.25. The predicted octanol–water partition coefficient (Wildman–Crippen LogP) is 2.48. The van der Waals surface area contributed by atoms with Crippen LogP contribution in [0.4, 0.5) is 5.69 Å². The zero-order valence-electron chi connectivity index (χ0n) is 9.71. The van der Waals surface area contributed by atoms with Gasteiger partial charge >= 0.3 is 0 Å². The van der Waals surface area contributed by atoms with Crippen LogP contribution in [-0.2, 0) is 4.79 Å². The molecule has 5 nitrogen and oxygen atoms in total. The Hall–Kier alpha value is -1.69. The lowest BCUT2D eigenvalue weighted by Crippen LogP contribution is -2.16. The minimum Gasteiger partial charge on any atom is -0.300 e. The van der Waals surface area contributed by atoms with Gasteiger partial charge in [-0.25, -0.2) is 0 Å². The van der Waals surface area contributed by atoms with E-state index < -0.39 is 4.92 Å². The Morgan fingerprint density at radius 2 is 2.22 bits per heavy atom. The average molecular weight is 265 g/mol. The van der Waals surface area contributed by atoms with E-state index >= 15 is 0 Å². The van der Waals surface area contributed by atoms with Crippen LogP contribution in [0.2, 0.25) is 0 Å². The first kappa shape index (κ1) is 12.8. The summed E-state index contributed by atoms with van der Waals surface area (Å²) in [4.78, 5) is 34.2. The van der Waals surface area contributed by atoms with Crippen molar-refractivity contribution < 1.29 is 14.5 Å². The van der Waals surface area contributed by atoms with Crippen molar-refractivity contribution in [2.75, 3.05) is 5.75 Å². The lowest BCUT2D eigenvalue weighted by atomic mass is 9.97. The van der Waals surface area contributed by atoms with Crippen molar-refractivity contribution >= 4 is 29.0 Å². The molecule has 0 aromatic heterocycles. The zero-order valence-corrected chi connectivity index (χ0v) is 10.5. The first-order valence-electron chi connectivity index (χ1n) is 5.44. The molecule has 1 aromatic carbocycles. The number of nitro groups is 1. The van der Waals surface area contributed by atoms with Gasteiger partial charge in [0.2, 0.25) is 0 Å². The van der Waals surface area contributed by atoms with E-state index in [2.05, 4.69) is 0 Å². The first-order valence-corrected chi connectivity index (χ1v) is 6.42. The van der Waals surface area contributed by atoms with Crippen LogP contribution in [0.5, 0.6) is 0 Å². The Labute approximate surface area is 108 Å². The van der Waals surface area contributed by atoms with E-state index in [0.717, 1.165) is 0 Å². The molecule has 0 saturated carbocycles. The molecule has 6 heteroatoms. The van der Waals surface area contributed by atoms with Gasteiger partial charge < -0.3 is 0 Å². The topological polar surface area (TPSA) is 77.3 Å². The molecule has 0 N–H and O–H groups in total. The van der Waals surface area contributed by atoms with E-state index in [4.69, 9.17) is 0 Å². The van der Waals surface area contributed by atoms with Crippen molar-refractivity contribution in [3.05, 3.63) is 33.9 Å². The number of rotatable bonds is 2. The second-order valence-electron chi connectivity index (χ2n) is 4.18. The molecule has 1 aliphatic rings. The maximum Gasteiger partial charge on any atom is 0.270 e. The number of nitrogens with zero attached hydrogens (tertiary/aromatic N) is 1. The van der Waals surface area contributed by atoms with Gasteiger partial charge in [-0.1, -0.05) is 0 Å². The number of nitro benzene ring substituents is 1. The van der Waals surface area contributed by atoms with Gasteiger partial charge in [-0.05, 0) is 13.0 Å². The van der Waals surface area contributed by atoms with Gasteiger partial charge in [0.15, 0.2) is 5.78 Å². The monoisotopic (exact) mass is 265 g/mol. The lowest BCUT2D eigenvalue weighted by Gasteiger charge is -2.06. The number of Topliss-reactive ketones (excluding diaryl/α,β-unsaturated/α-hetero) is 2. The zero-order chi connectivity index (χ0) is 13.3. The number of ketones is 2. The van der Waals surface area contributed by atoms with E-state index in [-0.39, 0.29) is 29.6 Å². The van der Waals surface area contributed by atoms with Crippen LogP contribution in [0.25, 0.3) is 0 Å². The Bertz CT molecular complexity index is 541. The van der Waals surface area contributed by atoms with Crippen LogP contribution >= 0.6 is 11.8 Å². The Morgan fingerprint density at radius 3 is 2.83 bits per heavy atom. The van der Waals surface area contributed by atoms with Crippen molar-refractivity contribution in [2.24, 2.45) is 5.92 Å². The number of benzene rings is 1. The molecule has 0 fully saturated rings. The summed E-state index contributed by atoms with van der Waals surface area (Å²) in [5, 5.41) is 10.7. The van der Waals surface area contributed by atoms with E-state index in [1.54, 1.807) is 6.07 Å². The number of fused-ring (bicyclic) bond motifs is 1. The quantitative estimate of drug-likeness (QED) is 0.606. The highest BCUT2D eigenvalue weighted by Crippen LogP contribution is 2.33. The molecule has 94 valence electrons. The highest BCUT2D eigenvalue weighted by molar-refractivity contribution is 7.99. The molecule has 0 saturated heterocycles. The average Bonchev–Trinajstić information content (AvgIpc) is 2.48. The van der Waals surface area contributed by atoms with E-state index in [9.17, 15) is 19.7 Å². The van der Waals surface area contributed by atoms with Gasteiger partial charge in [0.1, 0.15) is 5.78 Å². The highest BCUT2D eigenvalue weighted by atomic mass is 32.2. The van der Waals surface area contributed by atoms with Gasteiger partial charge in [-0.2, -0.15) is 0 Å². The van der Waals surface area contributed by atoms with Crippen molar-refractivity contribution in [3.8, 4) is 0 Å². The smallest absolute Gasteiger partial charge is 0.270 e. The number of thioether (sulfide) groups is 1. The summed E-state index contributed by atoms with van der Waals surface area (Å²) in [6, 6.07) is 4.26. The summed E-state index contributed by atoms with van der Waals surface area (Å²) in [5.41, 5.74) is 0.266. The van der Waals surface area contributed by atoms with Crippen LogP contribution in [0.15, 0.2) is 23.1 Å². The van der Waals surface area contributed by atoms with Gasteiger partial charge in [-0.3, -0.25) is 19.7 Å². The first-order chi connectivity index (χ1) is 8.49. The molecule has 0 spiro atoms. The van der Waals surface area contributed by atoms with E-state index in [0.29, 0.717) is 16.2 Å². The summed E-state index contributed by atoms with van der Waals surface area (Å²) >= 11 is 1.41. The Morgan fingerprint density at radius 1 is 1.50 bits per heavy atom. The molecule has 18 heavy (non-hydrogen) atoms. The van der Waals surface area contributed by atoms with Crippen LogP contribution < -0.4 is 0 Å². The number of carbonyl (C=O) groups is 2. The van der Waals surface area contributed by atoms with Crippen molar-refractivity contribution in [1.29, 1.82) is 0 Å². The molecule has 0 bridgehead atoms. The third kappa shape index (κ3) is 2.43. The number of non-ortho nitro benzene ring substituents is 1. The molecule has 2 rings (SSSR count). The summed E-state index contributed by atoms with van der Waals surface area (Å²) in [6.07, 6.45) is 0.135. The molecule has 1 heterocycles. The fourth-order valence-corrected chi connectivity index (χ4v) is 3.05. The van der Waals surface area contributed by atoms with Gasteiger partial charge in [0.05, 0.1) is 4.92 Å². The maximum atomic E-state index is 12.0. The normalized spacial score (nSPS) is 18.9. The molecule has 0 unspecified atom stereocenters. The Balaban J connectivity index is 2.39. The lowest BCUT2D eigenvalue weighted by molar-refractivity contribution is -0.384.